The quantitative estimate of drug-likeness (QED) is 0.684. The Hall–Kier alpha value is -2.07. The first kappa shape index (κ1) is 16.3. The average Bonchev–Trinajstić information content (AvgIpc) is 2.76. The van der Waals surface area contributed by atoms with E-state index in [9.17, 15) is 9.59 Å². The maximum Gasteiger partial charge on any atom is 0.355 e. The minimum absolute atomic E-state index is 0.163. The molecule has 0 radical (unpaired) electrons. The Balaban J connectivity index is 2.46. The van der Waals surface area contributed by atoms with Crippen LogP contribution in [0.3, 0.4) is 0 Å². The predicted octanol–water partition coefficient (Wildman–Crippen LogP) is 4.00. The molecule has 5 heteroatoms. The summed E-state index contributed by atoms with van der Waals surface area (Å²) >= 11 is 6.09. The molecular weight excluding hydrogens is 302 g/mol. The first-order chi connectivity index (χ1) is 10.4. The third-order valence-electron chi connectivity index (χ3n) is 3.58. The van der Waals surface area contributed by atoms with E-state index in [1.807, 2.05) is 6.92 Å². The standard InChI is InChI=1S/C17H18ClNO3/c1-5-22-17(21)15-10(3)14(11(4)19-15)16(20)12-7-6-9(2)13(18)8-12/h6-8,19H,5H2,1-4H3. The van der Waals surface area contributed by atoms with E-state index in [1.54, 1.807) is 39.0 Å². The molecule has 0 bridgehead atoms. The molecule has 1 aromatic heterocycles. The number of halogens is 1. The maximum absolute atomic E-state index is 12.7. The van der Waals surface area contributed by atoms with Gasteiger partial charge in [-0.1, -0.05) is 23.7 Å². The zero-order chi connectivity index (χ0) is 16.4. The van der Waals surface area contributed by atoms with Crippen LogP contribution in [0.15, 0.2) is 18.2 Å². The largest absolute Gasteiger partial charge is 0.461 e. The summed E-state index contributed by atoms with van der Waals surface area (Å²) in [5, 5.41) is 0.544. The SMILES string of the molecule is CCOC(=O)c1[nH]c(C)c(C(=O)c2ccc(C)c(Cl)c2)c1C. The van der Waals surface area contributed by atoms with Crippen LogP contribution in [-0.4, -0.2) is 23.3 Å². The van der Waals surface area contributed by atoms with Gasteiger partial charge in [0.15, 0.2) is 5.78 Å². The number of rotatable bonds is 4. The number of H-pyrrole nitrogens is 1. The molecule has 0 aliphatic carbocycles. The van der Waals surface area contributed by atoms with E-state index in [-0.39, 0.29) is 12.4 Å². The van der Waals surface area contributed by atoms with E-state index in [1.165, 1.54) is 0 Å². The lowest BCUT2D eigenvalue weighted by Gasteiger charge is -2.05. The lowest BCUT2D eigenvalue weighted by Crippen LogP contribution is -2.08. The molecule has 1 heterocycles. The van der Waals surface area contributed by atoms with Crippen LogP contribution in [-0.2, 0) is 4.74 Å². The number of hydrogen-bond donors (Lipinski definition) is 1. The van der Waals surface area contributed by atoms with Crippen molar-refractivity contribution in [1.82, 2.24) is 4.98 Å². The monoisotopic (exact) mass is 319 g/mol. The van der Waals surface area contributed by atoms with Crippen LogP contribution in [0.1, 0.15) is 50.2 Å². The summed E-state index contributed by atoms with van der Waals surface area (Å²) in [4.78, 5) is 27.6. The fourth-order valence-corrected chi connectivity index (χ4v) is 2.56. The molecule has 0 spiro atoms. The Kier molecular flexibility index (Phi) is 4.71. The number of hydrogen-bond acceptors (Lipinski definition) is 3. The Labute approximate surface area is 134 Å². The van der Waals surface area contributed by atoms with E-state index in [0.29, 0.717) is 33.1 Å². The number of esters is 1. The van der Waals surface area contributed by atoms with Gasteiger partial charge in [0.1, 0.15) is 5.69 Å². The summed E-state index contributed by atoms with van der Waals surface area (Å²) in [6, 6.07) is 5.19. The van der Waals surface area contributed by atoms with Crippen LogP contribution in [0.2, 0.25) is 5.02 Å². The molecule has 0 aliphatic heterocycles. The Morgan fingerprint density at radius 2 is 1.91 bits per heavy atom. The molecule has 0 unspecified atom stereocenters. The number of aromatic nitrogens is 1. The van der Waals surface area contributed by atoms with Crippen LogP contribution < -0.4 is 0 Å². The molecule has 0 atom stereocenters. The second-order valence-electron chi connectivity index (χ2n) is 5.14. The van der Waals surface area contributed by atoms with Gasteiger partial charge in [0.25, 0.3) is 0 Å². The van der Waals surface area contributed by atoms with Gasteiger partial charge in [0, 0.05) is 21.8 Å². The topological polar surface area (TPSA) is 59.2 Å². The van der Waals surface area contributed by atoms with E-state index >= 15 is 0 Å². The number of ketones is 1. The molecule has 0 fully saturated rings. The fourth-order valence-electron chi connectivity index (χ4n) is 2.38. The van der Waals surface area contributed by atoms with Crippen molar-refractivity contribution in [2.75, 3.05) is 6.61 Å². The normalized spacial score (nSPS) is 10.6. The highest BCUT2D eigenvalue weighted by Crippen LogP contribution is 2.24. The van der Waals surface area contributed by atoms with Gasteiger partial charge < -0.3 is 9.72 Å². The maximum atomic E-state index is 12.7. The lowest BCUT2D eigenvalue weighted by atomic mass is 9.99. The number of aromatic amines is 1. The first-order valence-corrected chi connectivity index (χ1v) is 7.41. The van der Waals surface area contributed by atoms with Gasteiger partial charge in [0.2, 0.25) is 0 Å². The lowest BCUT2D eigenvalue weighted by molar-refractivity contribution is 0.0519. The summed E-state index contributed by atoms with van der Waals surface area (Å²) in [6.07, 6.45) is 0. The molecule has 22 heavy (non-hydrogen) atoms. The van der Waals surface area contributed by atoms with E-state index in [2.05, 4.69) is 4.98 Å². The van der Waals surface area contributed by atoms with Gasteiger partial charge in [-0.05, 0) is 44.9 Å². The van der Waals surface area contributed by atoms with Crippen molar-refractivity contribution in [3.63, 3.8) is 0 Å². The predicted molar refractivity (Wildman–Crippen MR) is 85.8 cm³/mol. The summed E-state index contributed by atoms with van der Waals surface area (Å²) in [6.45, 7) is 7.40. The smallest absolute Gasteiger partial charge is 0.355 e. The molecule has 116 valence electrons. The zero-order valence-electron chi connectivity index (χ0n) is 13.0. The van der Waals surface area contributed by atoms with Gasteiger partial charge in [-0.25, -0.2) is 4.79 Å². The average molecular weight is 320 g/mol. The molecule has 0 saturated heterocycles. The highest BCUT2D eigenvalue weighted by atomic mass is 35.5. The number of ether oxygens (including phenoxy) is 1. The molecule has 1 N–H and O–H groups in total. The highest BCUT2D eigenvalue weighted by molar-refractivity contribution is 6.32. The molecule has 0 amide bonds. The molecule has 4 nitrogen and oxygen atoms in total. The number of nitrogens with one attached hydrogen (secondary N) is 1. The van der Waals surface area contributed by atoms with Gasteiger partial charge in [-0.15, -0.1) is 0 Å². The summed E-state index contributed by atoms with van der Waals surface area (Å²) in [7, 11) is 0. The van der Waals surface area contributed by atoms with Crippen molar-refractivity contribution in [2.45, 2.75) is 27.7 Å². The number of aryl methyl sites for hydroxylation is 2. The minimum atomic E-state index is -0.455. The van der Waals surface area contributed by atoms with Crippen LogP contribution >= 0.6 is 11.6 Å². The minimum Gasteiger partial charge on any atom is -0.461 e. The molecule has 2 aromatic rings. The molecule has 0 aliphatic rings. The molecule has 2 rings (SSSR count). The number of carbonyl (C=O) groups is 2. The van der Waals surface area contributed by atoms with Crippen LogP contribution in [0.4, 0.5) is 0 Å². The van der Waals surface area contributed by atoms with Crippen molar-refractivity contribution in [3.05, 3.63) is 56.9 Å². The third kappa shape index (κ3) is 2.92. The number of benzene rings is 1. The molecular formula is C17H18ClNO3. The van der Waals surface area contributed by atoms with Crippen molar-refractivity contribution in [2.24, 2.45) is 0 Å². The fraction of sp³-hybridized carbons (Fsp3) is 0.294. The van der Waals surface area contributed by atoms with Gasteiger partial charge in [-0.2, -0.15) is 0 Å². The molecule has 1 aromatic carbocycles. The Morgan fingerprint density at radius 1 is 1.23 bits per heavy atom. The summed E-state index contributed by atoms with van der Waals surface area (Å²) < 4.78 is 4.99. The van der Waals surface area contributed by atoms with Gasteiger partial charge in [-0.3, -0.25) is 4.79 Å². The van der Waals surface area contributed by atoms with E-state index in [4.69, 9.17) is 16.3 Å². The number of carbonyl (C=O) groups excluding carboxylic acids is 2. The second-order valence-corrected chi connectivity index (χ2v) is 5.55. The second kappa shape index (κ2) is 6.36. The van der Waals surface area contributed by atoms with Crippen LogP contribution in [0.25, 0.3) is 0 Å². The summed E-state index contributed by atoms with van der Waals surface area (Å²) in [5.74, 6) is -0.618. The van der Waals surface area contributed by atoms with Crippen LogP contribution in [0.5, 0.6) is 0 Å². The Morgan fingerprint density at radius 3 is 2.50 bits per heavy atom. The van der Waals surface area contributed by atoms with Gasteiger partial charge in [0.05, 0.1) is 6.61 Å². The molecule has 0 saturated carbocycles. The van der Waals surface area contributed by atoms with Crippen LogP contribution in [0, 0.1) is 20.8 Å². The van der Waals surface area contributed by atoms with Crippen molar-refractivity contribution in [1.29, 1.82) is 0 Å². The van der Waals surface area contributed by atoms with Gasteiger partial charge >= 0.3 is 5.97 Å². The first-order valence-electron chi connectivity index (χ1n) is 7.04. The summed E-state index contributed by atoms with van der Waals surface area (Å²) in [5.41, 5.74) is 3.45. The zero-order valence-corrected chi connectivity index (χ0v) is 13.8. The highest BCUT2D eigenvalue weighted by Gasteiger charge is 2.23. The van der Waals surface area contributed by atoms with E-state index < -0.39 is 5.97 Å². The van der Waals surface area contributed by atoms with Crippen molar-refractivity contribution in [3.8, 4) is 0 Å². The van der Waals surface area contributed by atoms with E-state index in [0.717, 1.165) is 5.56 Å². The third-order valence-corrected chi connectivity index (χ3v) is 3.99. The van der Waals surface area contributed by atoms with Crippen molar-refractivity contribution < 1.29 is 14.3 Å². The Bertz CT molecular complexity index is 747. The van der Waals surface area contributed by atoms with Crippen molar-refractivity contribution >= 4 is 23.4 Å².